The van der Waals surface area contributed by atoms with Crippen molar-refractivity contribution in [1.29, 1.82) is 0 Å². The Morgan fingerprint density at radius 1 is 1.00 bits per heavy atom. The molecule has 3 aromatic rings. The maximum Gasteiger partial charge on any atom is 0.191 e. The summed E-state index contributed by atoms with van der Waals surface area (Å²) in [6.45, 7) is 1.98. The first-order valence-corrected chi connectivity index (χ1v) is 10.6. The molecule has 0 aliphatic heterocycles. The number of benzene rings is 2. The Hall–Kier alpha value is -1.73. The molecule has 0 atom stereocenters. The largest absolute Gasteiger partial charge is 0.493 e. The maximum absolute atomic E-state index is 6.37. The fourth-order valence-electron chi connectivity index (χ4n) is 2.63. The summed E-state index contributed by atoms with van der Waals surface area (Å²) in [5, 5.41) is 10.9. The van der Waals surface area contributed by atoms with Crippen LogP contribution in [-0.4, -0.2) is 40.8 Å². The molecule has 28 heavy (non-hydrogen) atoms. The second kappa shape index (κ2) is 10.7. The summed E-state index contributed by atoms with van der Waals surface area (Å²) in [6, 6.07) is 15.0. The zero-order valence-corrected chi connectivity index (χ0v) is 17.8. The van der Waals surface area contributed by atoms with Crippen LogP contribution in [0.2, 0.25) is 10.0 Å². The Kier molecular flexibility index (Phi) is 8.03. The summed E-state index contributed by atoms with van der Waals surface area (Å²) < 4.78 is 13.0. The third kappa shape index (κ3) is 5.64. The van der Waals surface area contributed by atoms with Crippen LogP contribution < -0.4 is 4.74 Å². The third-order valence-electron chi connectivity index (χ3n) is 3.96. The van der Waals surface area contributed by atoms with E-state index in [-0.39, 0.29) is 0 Å². The molecule has 148 valence electrons. The Balaban J connectivity index is 1.67. The maximum atomic E-state index is 6.37. The van der Waals surface area contributed by atoms with E-state index >= 15 is 0 Å². The Morgan fingerprint density at radius 2 is 1.79 bits per heavy atom. The number of ether oxygens (including phenoxy) is 2. The van der Waals surface area contributed by atoms with Crippen LogP contribution in [0.25, 0.3) is 11.4 Å². The zero-order chi connectivity index (χ0) is 19.8. The summed E-state index contributed by atoms with van der Waals surface area (Å²) in [4.78, 5) is 0. The van der Waals surface area contributed by atoms with E-state index in [1.807, 2.05) is 48.5 Å². The minimum atomic E-state index is 0.554. The van der Waals surface area contributed by atoms with Crippen molar-refractivity contribution < 1.29 is 9.47 Å². The summed E-state index contributed by atoms with van der Waals surface area (Å²) in [7, 11) is 1.70. The molecule has 0 N–H and O–H groups in total. The van der Waals surface area contributed by atoms with Gasteiger partial charge in [0, 0.05) is 36.6 Å². The van der Waals surface area contributed by atoms with Crippen LogP contribution in [0.3, 0.4) is 0 Å². The van der Waals surface area contributed by atoms with Gasteiger partial charge in [0.1, 0.15) is 5.75 Å². The highest BCUT2D eigenvalue weighted by atomic mass is 35.5. The van der Waals surface area contributed by atoms with Crippen molar-refractivity contribution in [2.75, 3.05) is 26.1 Å². The lowest BCUT2D eigenvalue weighted by atomic mass is 10.2. The van der Waals surface area contributed by atoms with Gasteiger partial charge in [-0.15, -0.1) is 10.2 Å². The standard InChI is InChI=1S/C20H21Cl2N3O2S/c1-26-12-4-11-25-19(17-5-2-3-6-18(17)22)23-24-20(25)28-14-13-27-16-9-7-15(21)8-10-16/h2-3,5-10H,4,11-14H2,1H3. The van der Waals surface area contributed by atoms with Crippen LogP contribution in [0.15, 0.2) is 53.7 Å². The van der Waals surface area contributed by atoms with Crippen molar-refractivity contribution in [2.24, 2.45) is 0 Å². The molecular formula is C20H21Cl2N3O2S. The molecule has 0 aliphatic rings. The fourth-order valence-corrected chi connectivity index (χ4v) is 3.76. The molecule has 0 radical (unpaired) electrons. The number of methoxy groups -OCH3 is 1. The van der Waals surface area contributed by atoms with Gasteiger partial charge in [-0.1, -0.05) is 47.1 Å². The molecule has 8 heteroatoms. The van der Waals surface area contributed by atoms with Gasteiger partial charge in [0.15, 0.2) is 11.0 Å². The molecule has 3 rings (SSSR count). The SMILES string of the molecule is COCCCn1c(SCCOc2ccc(Cl)cc2)nnc1-c1ccccc1Cl. The van der Waals surface area contributed by atoms with Crippen molar-refractivity contribution in [3.05, 3.63) is 58.6 Å². The number of nitrogens with zero attached hydrogens (tertiary/aromatic N) is 3. The van der Waals surface area contributed by atoms with Crippen molar-refractivity contribution in [1.82, 2.24) is 14.8 Å². The molecule has 0 spiro atoms. The van der Waals surface area contributed by atoms with Crippen LogP contribution in [-0.2, 0) is 11.3 Å². The molecule has 5 nitrogen and oxygen atoms in total. The molecule has 1 heterocycles. The van der Waals surface area contributed by atoms with E-state index in [1.165, 1.54) is 0 Å². The molecule has 2 aromatic carbocycles. The minimum Gasteiger partial charge on any atom is -0.493 e. The quantitative estimate of drug-likeness (QED) is 0.311. The predicted molar refractivity (Wildman–Crippen MR) is 115 cm³/mol. The molecular weight excluding hydrogens is 417 g/mol. The highest BCUT2D eigenvalue weighted by Crippen LogP contribution is 2.29. The fraction of sp³-hybridized carbons (Fsp3) is 0.300. The normalized spacial score (nSPS) is 11.0. The van der Waals surface area contributed by atoms with Gasteiger partial charge in [0.05, 0.1) is 11.6 Å². The van der Waals surface area contributed by atoms with Crippen molar-refractivity contribution in [2.45, 2.75) is 18.1 Å². The van der Waals surface area contributed by atoms with Gasteiger partial charge < -0.3 is 14.0 Å². The van der Waals surface area contributed by atoms with E-state index in [0.717, 1.165) is 41.0 Å². The van der Waals surface area contributed by atoms with E-state index in [1.54, 1.807) is 18.9 Å². The van der Waals surface area contributed by atoms with Gasteiger partial charge in [-0.2, -0.15) is 0 Å². The lowest BCUT2D eigenvalue weighted by Crippen LogP contribution is -2.07. The van der Waals surface area contributed by atoms with E-state index in [0.29, 0.717) is 23.3 Å². The van der Waals surface area contributed by atoms with E-state index in [4.69, 9.17) is 32.7 Å². The zero-order valence-electron chi connectivity index (χ0n) is 15.5. The lowest BCUT2D eigenvalue weighted by Gasteiger charge is -2.11. The smallest absolute Gasteiger partial charge is 0.191 e. The Morgan fingerprint density at radius 3 is 2.54 bits per heavy atom. The Labute approximate surface area is 179 Å². The average molecular weight is 438 g/mol. The molecule has 0 fully saturated rings. The van der Waals surface area contributed by atoms with Gasteiger partial charge in [-0.05, 0) is 42.8 Å². The van der Waals surface area contributed by atoms with Gasteiger partial charge >= 0.3 is 0 Å². The molecule has 0 saturated carbocycles. The molecule has 1 aromatic heterocycles. The van der Waals surface area contributed by atoms with Gasteiger partial charge in [0.25, 0.3) is 0 Å². The summed E-state index contributed by atoms with van der Waals surface area (Å²) >= 11 is 13.9. The van der Waals surface area contributed by atoms with E-state index in [9.17, 15) is 0 Å². The van der Waals surface area contributed by atoms with Crippen molar-refractivity contribution in [3.63, 3.8) is 0 Å². The minimum absolute atomic E-state index is 0.554. The molecule has 0 bridgehead atoms. The summed E-state index contributed by atoms with van der Waals surface area (Å²) in [5.74, 6) is 2.30. The number of hydrogen-bond donors (Lipinski definition) is 0. The second-order valence-electron chi connectivity index (χ2n) is 5.93. The van der Waals surface area contributed by atoms with Crippen LogP contribution in [0.5, 0.6) is 5.75 Å². The number of rotatable bonds is 10. The predicted octanol–water partition coefficient (Wildman–Crippen LogP) is 5.46. The number of aromatic nitrogens is 3. The van der Waals surface area contributed by atoms with Gasteiger partial charge in [-0.3, -0.25) is 0 Å². The topological polar surface area (TPSA) is 49.2 Å². The van der Waals surface area contributed by atoms with Crippen molar-refractivity contribution in [3.8, 4) is 17.1 Å². The summed E-state index contributed by atoms with van der Waals surface area (Å²) in [5.41, 5.74) is 0.873. The first-order chi connectivity index (χ1) is 13.7. The van der Waals surface area contributed by atoms with Crippen molar-refractivity contribution >= 4 is 35.0 Å². The number of hydrogen-bond acceptors (Lipinski definition) is 5. The Bertz CT molecular complexity index is 887. The lowest BCUT2D eigenvalue weighted by molar-refractivity contribution is 0.189. The third-order valence-corrected chi connectivity index (χ3v) is 5.47. The number of halogens is 2. The molecule has 0 aliphatic carbocycles. The van der Waals surface area contributed by atoms with Crippen LogP contribution in [0.1, 0.15) is 6.42 Å². The molecule has 0 amide bonds. The first kappa shape index (κ1) is 21.0. The second-order valence-corrected chi connectivity index (χ2v) is 7.84. The molecule has 0 unspecified atom stereocenters. The van der Waals surface area contributed by atoms with Gasteiger partial charge in [0.2, 0.25) is 0 Å². The van der Waals surface area contributed by atoms with Crippen LogP contribution in [0, 0.1) is 0 Å². The highest BCUT2D eigenvalue weighted by molar-refractivity contribution is 7.99. The monoisotopic (exact) mass is 437 g/mol. The van der Waals surface area contributed by atoms with E-state index < -0.39 is 0 Å². The number of thioether (sulfide) groups is 1. The van der Waals surface area contributed by atoms with Crippen LogP contribution >= 0.6 is 35.0 Å². The van der Waals surface area contributed by atoms with Crippen LogP contribution in [0.4, 0.5) is 0 Å². The summed E-state index contributed by atoms with van der Waals surface area (Å²) in [6.07, 6.45) is 0.862. The molecule has 0 saturated heterocycles. The van der Waals surface area contributed by atoms with E-state index in [2.05, 4.69) is 14.8 Å². The van der Waals surface area contributed by atoms with Gasteiger partial charge in [-0.25, -0.2) is 0 Å². The highest BCUT2D eigenvalue weighted by Gasteiger charge is 2.16. The first-order valence-electron chi connectivity index (χ1n) is 8.87. The average Bonchev–Trinajstić information content (AvgIpc) is 3.10.